The maximum absolute atomic E-state index is 11.4. The maximum Gasteiger partial charge on any atom is 0.234 e. The molecule has 21 heavy (non-hydrogen) atoms. The Balaban J connectivity index is 2.06. The zero-order valence-corrected chi connectivity index (χ0v) is 13.6. The first-order valence-corrected chi connectivity index (χ1v) is 8.34. The van der Waals surface area contributed by atoms with E-state index >= 15 is 0 Å². The number of ether oxygens (including phenoxy) is 1. The summed E-state index contributed by atoms with van der Waals surface area (Å²) in [7, 11) is 0. The fourth-order valence-corrected chi connectivity index (χ4v) is 3.64. The third-order valence-corrected chi connectivity index (χ3v) is 4.99. The van der Waals surface area contributed by atoms with Crippen LogP contribution in [-0.2, 0) is 9.53 Å². The molecule has 2 rings (SSSR count). The van der Waals surface area contributed by atoms with Gasteiger partial charge in [0.1, 0.15) is 0 Å². The topological polar surface area (TPSA) is 67.6 Å². The number of nitrogens with zero attached hydrogens (tertiary/aromatic N) is 1. The molecule has 1 aromatic rings. The Kier molecular flexibility index (Phi) is 6.17. The summed E-state index contributed by atoms with van der Waals surface area (Å²) in [5.74, 6) is -0.277. The van der Waals surface area contributed by atoms with Crippen LogP contribution in [0.4, 0.5) is 0 Å². The zero-order valence-electron chi connectivity index (χ0n) is 12.8. The molecular weight excluding hydrogens is 286 g/mol. The van der Waals surface area contributed by atoms with Crippen LogP contribution in [0.25, 0.3) is 0 Å². The molecule has 5 nitrogen and oxygen atoms in total. The molecule has 0 spiro atoms. The molecule has 0 radical (unpaired) electrons. The highest BCUT2D eigenvalue weighted by Crippen LogP contribution is 2.28. The average molecular weight is 311 g/mol. The maximum atomic E-state index is 11.4. The largest absolute Gasteiger partial charge is 0.379 e. The van der Waals surface area contributed by atoms with Gasteiger partial charge in [0, 0.05) is 29.4 Å². The van der Waals surface area contributed by atoms with Gasteiger partial charge in [-0.3, -0.25) is 9.69 Å². The Bertz CT molecular complexity index is 458. The Morgan fingerprint density at radius 3 is 2.71 bits per heavy atom. The molecule has 1 amide bonds. The van der Waals surface area contributed by atoms with Crippen LogP contribution in [-0.4, -0.2) is 49.7 Å². The third kappa shape index (κ3) is 4.51. The molecular formula is C15H25N3O2S. The lowest BCUT2D eigenvalue weighted by atomic mass is 10.1. The summed E-state index contributed by atoms with van der Waals surface area (Å²) >= 11 is 1.82. The van der Waals surface area contributed by atoms with E-state index in [1.807, 2.05) is 18.3 Å². The Labute approximate surface area is 130 Å². The number of nitrogens with one attached hydrogen (secondary N) is 1. The van der Waals surface area contributed by atoms with E-state index in [0.717, 1.165) is 32.8 Å². The standard InChI is InChI=1S/C15H25N3O2S/c1-3-12(15(16)19)17-10-13(14-5-4-11(2)21-14)18-6-8-20-9-7-18/h4-5,12-13,17H,3,6-10H2,1-2H3,(H2,16,19)/t12-,13+/m1/s1. The second kappa shape index (κ2) is 7.89. The van der Waals surface area contributed by atoms with Gasteiger partial charge in [-0.25, -0.2) is 0 Å². The lowest BCUT2D eigenvalue weighted by molar-refractivity contribution is -0.120. The Morgan fingerprint density at radius 2 is 2.19 bits per heavy atom. The van der Waals surface area contributed by atoms with Crippen LogP contribution in [0.3, 0.4) is 0 Å². The van der Waals surface area contributed by atoms with Crippen molar-refractivity contribution in [2.24, 2.45) is 5.73 Å². The van der Waals surface area contributed by atoms with Crippen LogP contribution in [0.5, 0.6) is 0 Å². The number of hydrogen-bond donors (Lipinski definition) is 2. The van der Waals surface area contributed by atoms with Crippen molar-refractivity contribution in [1.82, 2.24) is 10.2 Å². The quantitative estimate of drug-likeness (QED) is 0.796. The lowest BCUT2D eigenvalue weighted by Gasteiger charge is -2.34. The Hall–Kier alpha value is -0.950. The number of morpholine rings is 1. The second-order valence-corrected chi connectivity index (χ2v) is 6.70. The van der Waals surface area contributed by atoms with E-state index < -0.39 is 0 Å². The summed E-state index contributed by atoms with van der Waals surface area (Å²) in [6.07, 6.45) is 0.717. The van der Waals surface area contributed by atoms with Gasteiger partial charge in [0.25, 0.3) is 0 Å². The van der Waals surface area contributed by atoms with Gasteiger partial charge in [-0.2, -0.15) is 0 Å². The van der Waals surface area contributed by atoms with Crippen LogP contribution in [0, 0.1) is 6.92 Å². The molecule has 0 bridgehead atoms. The molecule has 0 aromatic carbocycles. The fourth-order valence-electron chi connectivity index (χ4n) is 2.63. The Morgan fingerprint density at radius 1 is 1.48 bits per heavy atom. The first-order chi connectivity index (χ1) is 10.1. The van der Waals surface area contributed by atoms with Crippen molar-refractivity contribution in [3.05, 3.63) is 21.9 Å². The van der Waals surface area contributed by atoms with Crippen molar-refractivity contribution in [2.75, 3.05) is 32.8 Å². The minimum absolute atomic E-state index is 0.255. The number of primary amides is 1. The SMILES string of the molecule is CC[C@@H](NC[C@@H](c1ccc(C)s1)N1CCOCC1)C(N)=O. The number of carbonyl (C=O) groups is 1. The minimum atomic E-state index is -0.277. The van der Waals surface area contributed by atoms with Crippen molar-refractivity contribution in [3.8, 4) is 0 Å². The molecule has 6 heteroatoms. The van der Waals surface area contributed by atoms with E-state index in [0.29, 0.717) is 6.42 Å². The predicted octanol–water partition coefficient (Wildman–Crippen LogP) is 1.28. The zero-order chi connectivity index (χ0) is 15.2. The third-order valence-electron chi connectivity index (χ3n) is 3.89. The highest BCUT2D eigenvalue weighted by atomic mass is 32.1. The van der Waals surface area contributed by atoms with Gasteiger partial charge in [0.2, 0.25) is 5.91 Å². The van der Waals surface area contributed by atoms with E-state index in [-0.39, 0.29) is 18.0 Å². The summed E-state index contributed by atoms with van der Waals surface area (Å²) < 4.78 is 5.44. The molecule has 118 valence electrons. The molecule has 1 saturated heterocycles. The molecule has 0 unspecified atom stereocenters. The molecule has 0 saturated carbocycles. The minimum Gasteiger partial charge on any atom is -0.379 e. The number of hydrogen-bond acceptors (Lipinski definition) is 5. The molecule has 3 N–H and O–H groups in total. The number of amides is 1. The first-order valence-electron chi connectivity index (χ1n) is 7.52. The van der Waals surface area contributed by atoms with E-state index in [9.17, 15) is 4.79 Å². The smallest absolute Gasteiger partial charge is 0.234 e. The van der Waals surface area contributed by atoms with Crippen LogP contribution in [0.1, 0.15) is 29.1 Å². The highest BCUT2D eigenvalue weighted by Gasteiger charge is 2.25. The van der Waals surface area contributed by atoms with Crippen molar-refractivity contribution < 1.29 is 9.53 Å². The molecule has 0 aliphatic carbocycles. The number of rotatable bonds is 7. The van der Waals surface area contributed by atoms with E-state index in [4.69, 9.17) is 10.5 Å². The van der Waals surface area contributed by atoms with Gasteiger partial charge < -0.3 is 15.8 Å². The summed E-state index contributed by atoms with van der Waals surface area (Å²) in [5, 5.41) is 3.32. The average Bonchev–Trinajstić information content (AvgIpc) is 2.90. The molecule has 2 atom stereocenters. The van der Waals surface area contributed by atoms with Crippen molar-refractivity contribution in [3.63, 3.8) is 0 Å². The van der Waals surface area contributed by atoms with Crippen molar-refractivity contribution in [2.45, 2.75) is 32.4 Å². The molecule has 1 aliphatic rings. The lowest BCUT2D eigenvalue weighted by Crippen LogP contribution is -2.47. The highest BCUT2D eigenvalue weighted by molar-refractivity contribution is 7.12. The monoisotopic (exact) mass is 311 g/mol. The predicted molar refractivity (Wildman–Crippen MR) is 85.5 cm³/mol. The van der Waals surface area contributed by atoms with Crippen LogP contribution in [0.15, 0.2) is 12.1 Å². The second-order valence-electron chi connectivity index (χ2n) is 5.38. The summed E-state index contributed by atoms with van der Waals surface area (Å²) in [5.41, 5.74) is 5.42. The van der Waals surface area contributed by atoms with Crippen LogP contribution >= 0.6 is 11.3 Å². The van der Waals surface area contributed by atoms with E-state index in [1.165, 1.54) is 9.75 Å². The number of thiophene rings is 1. The number of aryl methyl sites for hydroxylation is 1. The van der Waals surface area contributed by atoms with Crippen LogP contribution < -0.4 is 11.1 Å². The molecule has 1 aliphatic heterocycles. The van der Waals surface area contributed by atoms with Gasteiger partial charge in [-0.15, -0.1) is 11.3 Å². The fraction of sp³-hybridized carbons (Fsp3) is 0.667. The van der Waals surface area contributed by atoms with Gasteiger partial charge in [0.15, 0.2) is 0 Å². The molecule has 1 aromatic heterocycles. The number of carbonyl (C=O) groups excluding carboxylic acids is 1. The van der Waals surface area contributed by atoms with Crippen molar-refractivity contribution >= 4 is 17.2 Å². The van der Waals surface area contributed by atoms with E-state index in [1.54, 1.807) is 0 Å². The summed E-state index contributed by atoms with van der Waals surface area (Å²) in [4.78, 5) is 16.5. The first kappa shape index (κ1) is 16.4. The van der Waals surface area contributed by atoms with Gasteiger partial charge >= 0.3 is 0 Å². The van der Waals surface area contributed by atoms with Gasteiger partial charge in [-0.05, 0) is 25.5 Å². The summed E-state index contributed by atoms with van der Waals surface area (Å²) in [6, 6.07) is 4.36. The molecule has 2 heterocycles. The van der Waals surface area contributed by atoms with E-state index in [2.05, 4.69) is 29.3 Å². The summed E-state index contributed by atoms with van der Waals surface area (Å²) in [6.45, 7) is 8.23. The van der Waals surface area contributed by atoms with Crippen molar-refractivity contribution in [1.29, 1.82) is 0 Å². The normalized spacial score (nSPS) is 19.3. The molecule has 1 fully saturated rings. The van der Waals surface area contributed by atoms with Gasteiger partial charge in [-0.1, -0.05) is 6.92 Å². The number of nitrogens with two attached hydrogens (primary N) is 1. The van der Waals surface area contributed by atoms with Gasteiger partial charge in [0.05, 0.1) is 25.3 Å². The van der Waals surface area contributed by atoms with Crippen LogP contribution in [0.2, 0.25) is 0 Å².